The molecule has 0 atom stereocenters. The van der Waals surface area contributed by atoms with E-state index < -0.39 is 0 Å². The van der Waals surface area contributed by atoms with E-state index in [2.05, 4.69) is 20.8 Å². The van der Waals surface area contributed by atoms with Gasteiger partial charge in [0.1, 0.15) is 5.75 Å². The van der Waals surface area contributed by atoms with Gasteiger partial charge in [-0.25, -0.2) is 0 Å². The maximum Gasteiger partial charge on any atom is 0.226 e. The molecule has 0 bridgehead atoms. The Morgan fingerprint density at radius 3 is 2.64 bits per heavy atom. The monoisotopic (exact) mass is 368 g/mol. The van der Waals surface area contributed by atoms with Gasteiger partial charge in [0.15, 0.2) is 0 Å². The minimum atomic E-state index is 0. The van der Waals surface area contributed by atoms with Crippen molar-refractivity contribution >= 4 is 18.3 Å². The second-order valence-corrected chi connectivity index (χ2v) is 5.40. The van der Waals surface area contributed by atoms with Crippen LogP contribution in [0.2, 0.25) is 0 Å². The predicted octanol–water partition coefficient (Wildman–Crippen LogP) is 2.22. The number of rotatable bonds is 10. The zero-order valence-corrected chi connectivity index (χ0v) is 15.4. The van der Waals surface area contributed by atoms with Gasteiger partial charge in [-0.2, -0.15) is 4.98 Å². The highest BCUT2D eigenvalue weighted by Crippen LogP contribution is 2.20. The van der Waals surface area contributed by atoms with E-state index in [9.17, 15) is 4.79 Å². The molecular weight excluding hydrogens is 344 g/mol. The van der Waals surface area contributed by atoms with Crippen molar-refractivity contribution in [2.24, 2.45) is 0 Å². The van der Waals surface area contributed by atoms with Crippen LogP contribution in [0.5, 0.6) is 5.75 Å². The van der Waals surface area contributed by atoms with Gasteiger partial charge >= 0.3 is 0 Å². The average Bonchev–Trinajstić information content (AvgIpc) is 3.08. The number of amides is 1. The van der Waals surface area contributed by atoms with Crippen molar-refractivity contribution < 1.29 is 14.1 Å². The zero-order valence-electron chi connectivity index (χ0n) is 14.6. The van der Waals surface area contributed by atoms with Gasteiger partial charge in [0.05, 0.1) is 7.11 Å². The Kier molecular flexibility index (Phi) is 9.57. The molecular formula is C17H25ClN4O3. The van der Waals surface area contributed by atoms with Crippen molar-refractivity contribution in [1.82, 2.24) is 20.8 Å². The number of nitrogens with zero attached hydrogens (tertiary/aromatic N) is 2. The molecule has 2 N–H and O–H groups in total. The van der Waals surface area contributed by atoms with Crippen molar-refractivity contribution in [2.45, 2.75) is 25.7 Å². The predicted molar refractivity (Wildman–Crippen MR) is 98.0 cm³/mol. The van der Waals surface area contributed by atoms with Crippen LogP contribution in [-0.4, -0.2) is 43.3 Å². The molecule has 0 aliphatic heterocycles. The molecule has 0 aliphatic rings. The summed E-state index contributed by atoms with van der Waals surface area (Å²) in [5.74, 6) is 1.93. The Labute approximate surface area is 153 Å². The topological polar surface area (TPSA) is 89.3 Å². The van der Waals surface area contributed by atoms with E-state index in [0.717, 1.165) is 24.3 Å². The van der Waals surface area contributed by atoms with Crippen molar-refractivity contribution in [3.05, 3.63) is 30.2 Å². The summed E-state index contributed by atoms with van der Waals surface area (Å²) >= 11 is 0. The molecule has 138 valence electrons. The Morgan fingerprint density at radius 2 is 1.96 bits per heavy atom. The maximum absolute atomic E-state index is 11.7. The van der Waals surface area contributed by atoms with Gasteiger partial charge < -0.3 is 19.9 Å². The lowest BCUT2D eigenvalue weighted by Crippen LogP contribution is -2.26. The molecule has 0 fully saturated rings. The molecule has 0 aliphatic carbocycles. The first-order valence-corrected chi connectivity index (χ1v) is 8.11. The lowest BCUT2D eigenvalue weighted by atomic mass is 10.2. The van der Waals surface area contributed by atoms with E-state index in [1.54, 1.807) is 7.11 Å². The second-order valence-electron chi connectivity index (χ2n) is 5.40. The van der Waals surface area contributed by atoms with Gasteiger partial charge in [-0.05, 0) is 50.7 Å². The largest absolute Gasteiger partial charge is 0.497 e. The van der Waals surface area contributed by atoms with Gasteiger partial charge in [0, 0.05) is 24.9 Å². The lowest BCUT2D eigenvalue weighted by molar-refractivity contribution is -0.121. The number of hydrogen-bond acceptors (Lipinski definition) is 6. The molecule has 0 saturated carbocycles. The van der Waals surface area contributed by atoms with E-state index in [4.69, 9.17) is 9.26 Å². The molecule has 7 nitrogen and oxygen atoms in total. The van der Waals surface area contributed by atoms with Gasteiger partial charge in [-0.1, -0.05) is 5.16 Å². The summed E-state index contributed by atoms with van der Waals surface area (Å²) in [5, 5.41) is 9.91. The molecule has 0 saturated heterocycles. The van der Waals surface area contributed by atoms with Crippen molar-refractivity contribution in [1.29, 1.82) is 0 Å². The summed E-state index contributed by atoms with van der Waals surface area (Å²) in [7, 11) is 3.52. The van der Waals surface area contributed by atoms with E-state index in [0.29, 0.717) is 37.5 Å². The molecule has 0 spiro atoms. The summed E-state index contributed by atoms with van der Waals surface area (Å²) in [6.45, 7) is 1.60. The lowest BCUT2D eigenvalue weighted by Gasteiger charge is -2.03. The first-order valence-electron chi connectivity index (χ1n) is 8.11. The van der Waals surface area contributed by atoms with Gasteiger partial charge in [0.2, 0.25) is 17.6 Å². The standard InChI is InChI=1S/C17H24N4O3.ClH/c1-18-11-4-12-19-15(22)5-3-6-16-20-17(21-24-16)13-7-9-14(23-2)10-8-13;/h7-10,18H,3-6,11-12H2,1-2H3,(H,19,22);1H. The minimum Gasteiger partial charge on any atom is -0.497 e. The average molecular weight is 369 g/mol. The molecule has 2 aromatic rings. The van der Waals surface area contributed by atoms with Crippen LogP contribution in [0.15, 0.2) is 28.8 Å². The van der Waals surface area contributed by atoms with Crippen LogP contribution >= 0.6 is 12.4 Å². The SMILES string of the molecule is CNCCCNC(=O)CCCc1nc(-c2ccc(OC)cc2)no1.Cl. The number of methoxy groups -OCH3 is 1. The summed E-state index contributed by atoms with van der Waals surface area (Å²) in [4.78, 5) is 16.0. The van der Waals surface area contributed by atoms with Gasteiger partial charge in [-0.15, -0.1) is 12.4 Å². The van der Waals surface area contributed by atoms with E-state index in [-0.39, 0.29) is 18.3 Å². The third kappa shape index (κ3) is 7.11. The van der Waals surface area contributed by atoms with Crippen LogP contribution in [0, 0.1) is 0 Å². The Balaban J connectivity index is 0.00000312. The van der Waals surface area contributed by atoms with E-state index in [1.165, 1.54) is 0 Å². The van der Waals surface area contributed by atoms with Crippen LogP contribution in [0.25, 0.3) is 11.4 Å². The third-order valence-electron chi connectivity index (χ3n) is 3.54. The second kappa shape index (κ2) is 11.4. The number of aryl methyl sites for hydroxylation is 1. The number of ether oxygens (including phenoxy) is 1. The number of carbonyl (C=O) groups is 1. The summed E-state index contributed by atoms with van der Waals surface area (Å²) in [6.07, 6.45) is 2.66. The smallest absolute Gasteiger partial charge is 0.226 e. The molecule has 0 radical (unpaired) electrons. The van der Waals surface area contributed by atoms with E-state index >= 15 is 0 Å². The molecule has 8 heteroatoms. The van der Waals surface area contributed by atoms with Crippen LogP contribution in [0.1, 0.15) is 25.2 Å². The van der Waals surface area contributed by atoms with Gasteiger partial charge in [-0.3, -0.25) is 4.79 Å². The fourth-order valence-electron chi connectivity index (χ4n) is 2.20. The molecule has 1 heterocycles. The molecule has 1 aromatic carbocycles. The molecule has 2 rings (SSSR count). The Bertz CT molecular complexity index is 631. The quantitative estimate of drug-likeness (QED) is 0.625. The Morgan fingerprint density at radius 1 is 1.20 bits per heavy atom. The Hall–Kier alpha value is -2.12. The summed E-state index contributed by atoms with van der Waals surface area (Å²) in [5.41, 5.74) is 0.869. The van der Waals surface area contributed by atoms with Crippen molar-refractivity contribution in [3.8, 4) is 17.1 Å². The number of carbonyl (C=O) groups excluding carboxylic acids is 1. The highest BCUT2D eigenvalue weighted by molar-refractivity contribution is 5.85. The molecule has 0 unspecified atom stereocenters. The minimum absolute atomic E-state index is 0. The number of aromatic nitrogens is 2. The number of benzene rings is 1. The normalized spacial score (nSPS) is 10.2. The number of hydrogen-bond donors (Lipinski definition) is 2. The van der Waals surface area contributed by atoms with Crippen molar-refractivity contribution in [3.63, 3.8) is 0 Å². The van der Waals surface area contributed by atoms with Crippen LogP contribution in [0.3, 0.4) is 0 Å². The highest BCUT2D eigenvalue weighted by atomic mass is 35.5. The van der Waals surface area contributed by atoms with Crippen LogP contribution in [-0.2, 0) is 11.2 Å². The highest BCUT2D eigenvalue weighted by Gasteiger charge is 2.09. The van der Waals surface area contributed by atoms with Crippen LogP contribution in [0.4, 0.5) is 0 Å². The molecule has 25 heavy (non-hydrogen) atoms. The van der Waals surface area contributed by atoms with E-state index in [1.807, 2.05) is 31.3 Å². The number of nitrogens with one attached hydrogen (secondary N) is 2. The fourth-order valence-corrected chi connectivity index (χ4v) is 2.20. The maximum atomic E-state index is 11.7. The first kappa shape index (κ1) is 20.9. The fraction of sp³-hybridized carbons (Fsp3) is 0.471. The molecule has 1 amide bonds. The van der Waals surface area contributed by atoms with Crippen molar-refractivity contribution in [2.75, 3.05) is 27.2 Å². The first-order chi connectivity index (χ1) is 11.7. The number of halogens is 1. The summed E-state index contributed by atoms with van der Waals surface area (Å²) < 4.78 is 10.4. The van der Waals surface area contributed by atoms with Crippen LogP contribution < -0.4 is 15.4 Å². The zero-order chi connectivity index (χ0) is 17.2. The van der Waals surface area contributed by atoms with Gasteiger partial charge in [0.25, 0.3) is 0 Å². The third-order valence-corrected chi connectivity index (χ3v) is 3.54. The molecule has 1 aromatic heterocycles. The summed E-state index contributed by atoms with van der Waals surface area (Å²) in [6, 6.07) is 7.46.